The quantitative estimate of drug-likeness (QED) is 0.146. The van der Waals surface area contributed by atoms with Crippen molar-refractivity contribution >= 4 is 68.7 Å². The second-order valence-corrected chi connectivity index (χ2v) is 9.21. The molecule has 0 saturated heterocycles. The van der Waals surface area contributed by atoms with E-state index in [1.54, 1.807) is 18.2 Å². The number of nitro groups is 2. The Hall–Kier alpha value is -3.14. The van der Waals surface area contributed by atoms with Gasteiger partial charge in [0, 0.05) is 23.8 Å². The molecule has 10 nitrogen and oxygen atoms in total. The van der Waals surface area contributed by atoms with Crippen LogP contribution in [-0.4, -0.2) is 22.0 Å². The first-order valence-electron chi connectivity index (χ1n) is 9.64. The van der Waals surface area contributed by atoms with Gasteiger partial charge in [-0.3, -0.25) is 25.0 Å². The Morgan fingerprint density at radius 1 is 1.00 bits per heavy atom. The highest BCUT2D eigenvalue weighted by Gasteiger charge is 2.15. The van der Waals surface area contributed by atoms with Crippen LogP contribution in [0.2, 0.25) is 0 Å². The van der Waals surface area contributed by atoms with Crippen molar-refractivity contribution in [1.82, 2.24) is 5.43 Å². The molecule has 12 heteroatoms. The van der Waals surface area contributed by atoms with Gasteiger partial charge in [-0.1, -0.05) is 30.3 Å². The van der Waals surface area contributed by atoms with Gasteiger partial charge >= 0.3 is 0 Å². The molecule has 0 aliphatic heterocycles. The molecule has 0 aliphatic rings. The molecule has 0 unspecified atom stereocenters. The lowest BCUT2D eigenvalue weighted by Crippen LogP contribution is -2.20. The fraction of sp³-hybridized carbons (Fsp3) is 0.0909. The Bertz CT molecular complexity index is 1260. The number of benzene rings is 3. The molecule has 0 saturated carbocycles. The first-order chi connectivity index (χ1) is 16.2. The van der Waals surface area contributed by atoms with Crippen LogP contribution in [0, 0.1) is 27.4 Å². The molecular weight excluding hydrogens is 670 g/mol. The molecule has 34 heavy (non-hydrogen) atoms. The number of hydrazone groups is 1. The topological polar surface area (TPSA) is 137 Å². The Morgan fingerprint density at radius 2 is 1.71 bits per heavy atom. The van der Waals surface area contributed by atoms with Crippen LogP contribution in [-0.2, 0) is 17.8 Å². The van der Waals surface area contributed by atoms with Crippen molar-refractivity contribution in [2.75, 3.05) is 0 Å². The molecule has 174 valence electrons. The summed E-state index contributed by atoms with van der Waals surface area (Å²) in [6.45, 7) is 0.169. The summed E-state index contributed by atoms with van der Waals surface area (Å²) < 4.78 is 7.46. The largest absolute Gasteiger partial charge is 0.487 e. The number of hydrogen-bond donors (Lipinski definition) is 1. The minimum absolute atomic E-state index is 0.000898. The smallest absolute Gasteiger partial charge is 0.273 e. The molecular formula is C22H16I2N4O6. The van der Waals surface area contributed by atoms with E-state index in [9.17, 15) is 25.0 Å². The van der Waals surface area contributed by atoms with Crippen LogP contribution in [0.1, 0.15) is 16.7 Å². The van der Waals surface area contributed by atoms with Gasteiger partial charge in [0.15, 0.2) is 0 Å². The van der Waals surface area contributed by atoms with E-state index >= 15 is 0 Å². The molecule has 0 radical (unpaired) electrons. The summed E-state index contributed by atoms with van der Waals surface area (Å²) >= 11 is 4.22. The maximum absolute atomic E-state index is 12.1. The SMILES string of the molecule is O=C(Cc1ccccc1[N+](=O)[O-])N/N=C/c1cc(I)c(OCc2cccc([N+](=O)[O-])c2)c(I)c1. The van der Waals surface area contributed by atoms with Crippen LogP contribution in [0.25, 0.3) is 0 Å². The van der Waals surface area contributed by atoms with Crippen molar-refractivity contribution in [3.63, 3.8) is 0 Å². The summed E-state index contributed by atoms with van der Waals surface area (Å²) in [6, 6.07) is 15.9. The van der Waals surface area contributed by atoms with E-state index < -0.39 is 15.8 Å². The van der Waals surface area contributed by atoms with E-state index in [1.807, 2.05) is 12.1 Å². The number of carbonyl (C=O) groups excluding carboxylic acids is 1. The van der Waals surface area contributed by atoms with E-state index in [0.29, 0.717) is 22.4 Å². The molecule has 0 bridgehead atoms. The number of hydrogen-bond acceptors (Lipinski definition) is 7. The molecule has 3 rings (SSSR count). The van der Waals surface area contributed by atoms with Crippen molar-refractivity contribution < 1.29 is 19.4 Å². The van der Waals surface area contributed by atoms with Gasteiger partial charge in [-0.25, -0.2) is 5.43 Å². The fourth-order valence-electron chi connectivity index (χ4n) is 2.94. The molecule has 3 aromatic rings. The number of non-ortho nitro benzene ring substituents is 1. The third-order valence-electron chi connectivity index (χ3n) is 4.47. The normalized spacial score (nSPS) is 10.8. The summed E-state index contributed by atoms with van der Waals surface area (Å²) in [5.41, 5.74) is 3.94. The highest BCUT2D eigenvalue weighted by Crippen LogP contribution is 2.29. The monoisotopic (exact) mass is 686 g/mol. The highest BCUT2D eigenvalue weighted by atomic mass is 127. The second kappa shape index (κ2) is 11.8. The van der Waals surface area contributed by atoms with Gasteiger partial charge in [-0.2, -0.15) is 5.10 Å². The van der Waals surface area contributed by atoms with Gasteiger partial charge in [0.1, 0.15) is 12.4 Å². The van der Waals surface area contributed by atoms with E-state index in [0.717, 1.165) is 7.14 Å². The number of ether oxygens (including phenoxy) is 1. The van der Waals surface area contributed by atoms with Crippen molar-refractivity contribution in [2.45, 2.75) is 13.0 Å². The lowest BCUT2D eigenvalue weighted by molar-refractivity contribution is -0.385. The number of carbonyl (C=O) groups is 1. The summed E-state index contributed by atoms with van der Waals surface area (Å²) in [5.74, 6) is 0.150. The molecule has 0 aliphatic carbocycles. The molecule has 3 aromatic carbocycles. The fourth-order valence-corrected chi connectivity index (χ4v) is 5.06. The van der Waals surface area contributed by atoms with Crippen LogP contribution >= 0.6 is 45.2 Å². The third kappa shape index (κ3) is 6.93. The van der Waals surface area contributed by atoms with Gasteiger partial charge in [0.05, 0.1) is 29.6 Å². The number of halogens is 2. The van der Waals surface area contributed by atoms with Crippen molar-refractivity contribution in [2.24, 2.45) is 5.10 Å². The van der Waals surface area contributed by atoms with Gasteiger partial charge in [0.25, 0.3) is 11.4 Å². The maximum Gasteiger partial charge on any atom is 0.273 e. The number of nitrogens with one attached hydrogen (secondary N) is 1. The molecule has 0 spiro atoms. The van der Waals surface area contributed by atoms with Gasteiger partial charge in [-0.05, 0) is 68.4 Å². The zero-order valence-corrected chi connectivity index (χ0v) is 21.6. The number of amides is 1. The molecule has 1 amide bonds. The zero-order valence-electron chi connectivity index (χ0n) is 17.3. The third-order valence-corrected chi connectivity index (χ3v) is 6.07. The predicted octanol–water partition coefficient (Wildman–Crippen LogP) is 4.98. The van der Waals surface area contributed by atoms with Crippen LogP contribution in [0.15, 0.2) is 65.8 Å². The Labute approximate surface area is 221 Å². The summed E-state index contributed by atoms with van der Waals surface area (Å²) in [4.78, 5) is 33.2. The predicted molar refractivity (Wildman–Crippen MR) is 142 cm³/mol. The summed E-state index contributed by atoms with van der Waals surface area (Å²) in [7, 11) is 0. The molecule has 0 aromatic heterocycles. The Balaban J connectivity index is 1.62. The highest BCUT2D eigenvalue weighted by molar-refractivity contribution is 14.1. The lowest BCUT2D eigenvalue weighted by atomic mass is 10.1. The lowest BCUT2D eigenvalue weighted by Gasteiger charge is -2.11. The van der Waals surface area contributed by atoms with Gasteiger partial charge in [0.2, 0.25) is 5.91 Å². The zero-order chi connectivity index (χ0) is 24.7. The summed E-state index contributed by atoms with van der Waals surface area (Å²) in [5, 5.41) is 25.9. The minimum atomic E-state index is -0.529. The Morgan fingerprint density at radius 3 is 2.38 bits per heavy atom. The first-order valence-corrected chi connectivity index (χ1v) is 11.8. The van der Waals surface area contributed by atoms with Crippen LogP contribution in [0.4, 0.5) is 11.4 Å². The molecule has 0 heterocycles. The standard InChI is InChI=1S/C22H16I2N4O6/c23-18-9-15(12-25-26-21(29)11-16-5-1-2-7-20(16)28(32)33)10-19(24)22(18)34-13-14-4-3-6-17(8-14)27(30)31/h1-10,12H,11,13H2,(H,26,29)/b25-12+. The van der Waals surface area contributed by atoms with Crippen LogP contribution in [0.3, 0.4) is 0 Å². The van der Waals surface area contributed by atoms with Crippen LogP contribution < -0.4 is 10.2 Å². The first kappa shape index (κ1) is 25.5. The van der Waals surface area contributed by atoms with E-state index in [1.165, 1.54) is 36.5 Å². The molecule has 1 N–H and O–H groups in total. The van der Waals surface area contributed by atoms with Crippen molar-refractivity contribution in [3.05, 3.63) is 105 Å². The average molecular weight is 686 g/mol. The number of nitrogens with zero attached hydrogens (tertiary/aromatic N) is 3. The molecule has 0 fully saturated rings. The number of para-hydroxylation sites is 1. The van der Waals surface area contributed by atoms with Crippen LogP contribution in [0.5, 0.6) is 5.75 Å². The van der Waals surface area contributed by atoms with E-state index in [-0.39, 0.29) is 24.4 Å². The number of rotatable bonds is 9. The van der Waals surface area contributed by atoms with E-state index in [4.69, 9.17) is 4.74 Å². The Kier molecular flexibility index (Phi) is 8.86. The van der Waals surface area contributed by atoms with Crippen molar-refractivity contribution in [1.29, 1.82) is 0 Å². The number of nitro benzene ring substituents is 2. The summed E-state index contributed by atoms with van der Waals surface area (Å²) in [6.07, 6.45) is 1.29. The minimum Gasteiger partial charge on any atom is -0.487 e. The second-order valence-electron chi connectivity index (χ2n) is 6.89. The maximum atomic E-state index is 12.1. The van der Waals surface area contributed by atoms with Crippen molar-refractivity contribution in [3.8, 4) is 5.75 Å². The van der Waals surface area contributed by atoms with E-state index in [2.05, 4.69) is 55.7 Å². The van der Waals surface area contributed by atoms with Gasteiger partial charge in [-0.15, -0.1) is 0 Å². The van der Waals surface area contributed by atoms with Gasteiger partial charge < -0.3 is 4.74 Å². The molecule has 0 atom stereocenters. The average Bonchev–Trinajstić information content (AvgIpc) is 2.79.